The van der Waals surface area contributed by atoms with Crippen molar-refractivity contribution in [2.45, 2.75) is 59.0 Å². The molecule has 1 unspecified atom stereocenters. The number of nitrogens with one attached hydrogen (secondary N) is 1. The fourth-order valence-corrected chi connectivity index (χ4v) is 3.32. The summed E-state index contributed by atoms with van der Waals surface area (Å²) in [6.45, 7) is 7.87. The zero-order chi connectivity index (χ0) is 11.6. The van der Waals surface area contributed by atoms with E-state index in [9.17, 15) is 0 Å². The standard InChI is InChI=1S/C13H22N2S/c1-4-10-8-15-12(16-10)9-14-11-6-5-7-13(11,2)3/h8,11,14H,4-7,9H2,1-3H3. The van der Waals surface area contributed by atoms with Crippen molar-refractivity contribution in [2.75, 3.05) is 0 Å². The molecule has 1 aromatic rings. The quantitative estimate of drug-likeness (QED) is 0.870. The predicted molar refractivity (Wildman–Crippen MR) is 69.8 cm³/mol. The predicted octanol–water partition coefficient (Wildman–Crippen LogP) is 3.37. The molecule has 0 bridgehead atoms. The molecule has 2 nitrogen and oxygen atoms in total. The van der Waals surface area contributed by atoms with Gasteiger partial charge in [0.15, 0.2) is 0 Å². The Morgan fingerprint density at radius 1 is 1.56 bits per heavy atom. The minimum atomic E-state index is 0.463. The van der Waals surface area contributed by atoms with E-state index < -0.39 is 0 Å². The molecule has 0 spiro atoms. The topological polar surface area (TPSA) is 24.9 Å². The highest BCUT2D eigenvalue weighted by Gasteiger charge is 2.33. The molecule has 1 N–H and O–H groups in total. The Balaban J connectivity index is 1.87. The maximum atomic E-state index is 4.45. The smallest absolute Gasteiger partial charge is 0.107 e. The summed E-state index contributed by atoms with van der Waals surface area (Å²) in [5.74, 6) is 0. The fraction of sp³-hybridized carbons (Fsp3) is 0.769. The molecule has 1 aromatic heterocycles. The van der Waals surface area contributed by atoms with Crippen molar-refractivity contribution in [2.24, 2.45) is 5.41 Å². The molecule has 1 fully saturated rings. The molecule has 3 heteroatoms. The van der Waals surface area contributed by atoms with Gasteiger partial charge in [0.05, 0.1) is 0 Å². The summed E-state index contributed by atoms with van der Waals surface area (Å²) in [4.78, 5) is 5.84. The lowest BCUT2D eigenvalue weighted by Gasteiger charge is -2.27. The van der Waals surface area contributed by atoms with Crippen molar-refractivity contribution >= 4 is 11.3 Å². The van der Waals surface area contributed by atoms with Crippen molar-refractivity contribution < 1.29 is 0 Å². The van der Waals surface area contributed by atoms with Crippen LogP contribution < -0.4 is 5.32 Å². The molecule has 0 aromatic carbocycles. The highest BCUT2D eigenvalue weighted by atomic mass is 32.1. The number of thiazole rings is 1. The summed E-state index contributed by atoms with van der Waals surface area (Å²) in [5.41, 5.74) is 0.463. The highest BCUT2D eigenvalue weighted by molar-refractivity contribution is 7.11. The van der Waals surface area contributed by atoms with Gasteiger partial charge >= 0.3 is 0 Å². The van der Waals surface area contributed by atoms with Crippen molar-refractivity contribution in [3.05, 3.63) is 16.1 Å². The van der Waals surface area contributed by atoms with Crippen LogP contribution in [0.4, 0.5) is 0 Å². The van der Waals surface area contributed by atoms with E-state index in [0.717, 1.165) is 13.0 Å². The zero-order valence-electron chi connectivity index (χ0n) is 10.5. The summed E-state index contributed by atoms with van der Waals surface area (Å²) in [5, 5.41) is 4.91. The Morgan fingerprint density at radius 2 is 2.38 bits per heavy atom. The molecule has 0 aliphatic heterocycles. The van der Waals surface area contributed by atoms with Crippen LogP contribution in [0.15, 0.2) is 6.20 Å². The zero-order valence-corrected chi connectivity index (χ0v) is 11.4. The van der Waals surface area contributed by atoms with Gasteiger partial charge in [0.1, 0.15) is 5.01 Å². The number of hydrogen-bond acceptors (Lipinski definition) is 3. The summed E-state index contributed by atoms with van der Waals surface area (Å²) >= 11 is 1.84. The van der Waals surface area contributed by atoms with E-state index in [1.54, 1.807) is 0 Å². The Labute approximate surface area is 102 Å². The lowest BCUT2D eigenvalue weighted by atomic mass is 9.87. The first-order chi connectivity index (χ1) is 7.62. The van der Waals surface area contributed by atoms with Gasteiger partial charge in [-0.3, -0.25) is 0 Å². The molecule has 1 saturated carbocycles. The second-order valence-electron chi connectivity index (χ2n) is 5.39. The van der Waals surface area contributed by atoms with E-state index in [2.05, 4.69) is 31.1 Å². The van der Waals surface area contributed by atoms with Crippen molar-refractivity contribution in [3.8, 4) is 0 Å². The van der Waals surface area contributed by atoms with Gasteiger partial charge in [-0.1, -0.05) is 27.2 Å². The lowest BCUT2D eigenvalue weighted by molar-refractivity contribution is 0.282. The lowest BCUT2D eigenvalue weighted by Crippen LogP contribution is -2.37. The van der Waals surface area contributed by atoms with E-state index >= 15 is 0 Å². The van der Waals surface area contributed by atoms with Crippen LogP contribution in [0.2, 0.25) is 0 Å². The normalized spacial score (nSPS) is 23.8. The minimum absolute atomic E-state index is 0.463. The Hall–Kier alpha value is -0.410. The summed E-state index contributed by atoms with van der Waals surface area (Å²) in [6, 6.07) is 0.668. The van der Waals surface area contributed by atoms with Crippen LogP contribution in [0.1, 0.15) is 49.9 Å². The highest BCUT2D eigenvalue weighted by Crippen LogP contribution is 2.37. The molecule has 16 heavy (non-hydrogen) atoms. The number of nitrogens with zero attached hydrogens (tertiary/aromatic N) is 1. The third kappa shape index (κ3) is 2.64. The van der Waals surface area contributed by atoms with Crippen molar-refractivity contribution in [1.82, 2.24) is 10.3 Å². The van der Waals surface area contributed by atoms with E-state index in [1.165, 1.54) is 29.1 Å². The minimum Gasteiger partial charge on any atom is -0.307 e. The second kappa shape index (κ2) is 4.84. The summed E-state index contributed by atoms with van der Waals surface area (Å²) in [6.07, 6.45) is 7.15. The van der Waals surface area contributed by atoms with Crippen LogP contribution in [0.25, 0.3) is 0 Å². The average molecular weight is 238 g/mol. The molecule has 2 rings (SSSR count). The van der Waals surface area contributed by atoms with Crippen LogP contribution in [-0.2, 0) is 13.0 Å². The van der Waals surface area contributed by atoms with Gasteiger partial charge in [-0.2, -0.15) is 0 Å². The number of hydrogen-bond donors (Lipinski definition) is 1. The van der Waals surface area contributed by atoms with Gasteiger partial charge in [0, 0.05) is 23.7 Å². The molecule has 0 saturated heterocycles. The number of aromatic nitrogens is 1. The maximum Gasteiger partial charge on any atom is 0.107 e. The van der Waals surface area contributed by atoms with Crippen molar-refractivity contribution in [1.29, 1.82) is 0 Å². The molecule has 1 heterocycles. The van der Waals surface area contributed by atoms with E-state index in [4.69, 9.17) is 0 Å². The molecule has 0 radical (unpaired) electrons. The van der Waals surface area contributed by atoms with Crippen LogP contribution in [0.3, 0.4) is 0 Å². The van der Waals surface area contributed by atoms with Crippen molar-refractivity contribution in [3.63, 3.8) is 0 Å². The van der Waals surface area contributed by atoms with Gasteiger partial charge in [-0.25, -0.2) is 4.98 Å². The third-order valence-electron chi connectivity index (χ3n) is 3.71. The number of rotatable bonds is 4. The van der Waals surface area contributed by atoms with Crippen LogP contribution in [0.5, 0.6) is 0 Å². The SMILES string of the molecule is CCc1cnc(CNC2CCCC2(C)C)s1. The molecule has 0 amide bonds. The van der Waals surface area contributed by atoms with Gasteiger partial charge in [0.2, 0.25) is 0 Å². The first kappa shape index (κ1) is 12.1. The van der Waals surface area contributed by atoms with E-state index in [-0.39, 0.29) is 0 Å². The Kier molecular flexibility index (Phi) is 3.65. The average Bonchev–Trinajstić information content (AvgIpc) is 2.81. The first-order valence-electron chi connectivity index (χ1n) is 6.29. The molecule has 90 valence electrons. The molecule has 1 aliphatic carbocycles. The Bertz CT molecular complexity index is 343. The molecule has 1 atom stereocenters. The summed E-state index contributed by atoms with van der Waals surface area (Å²) < 4.78 is 0. The third-order valence-corrected chi connectivity index (χ3v) is 4.85. The van der Waals surface area contributed by atoms with Crippen LogP contribution in [0, 0.1) is 5.41 Å². The first-order valence-corrected chi connectivity index (χ1v) is 7.10. The largest absolute Gasteiger partial charge is 0.307 e. The van der Waals surface area contributed by atoms with Crippen LogP contribution in [-0.4, -0.2) is 11.0 Å². The second-order valence-corrected chi connectivity index (χ2v) is 6.59. The van der Waals surface area contributed by atoms with E-state index in [0.29, 0.717) is 11.5 Å². The molecule has 1 aliphatic rings. The number of aryl methyl sites for hydroxylation is 1. The van der Waals surface area contributed by atoms with E-state index in [1.807, 2.05) is 17.5 Å². The summed E-state index contributed by atoms with van der Waals surface area (Å²) in [7, 11) is 0. The monoisotopic (exact) mass is 238 g/mol. The van der Waals surface area contributed by atoms with Gasteiger partial charge in [-0.15, -0.1) is 11.3 Å². The van der Waals surface area contributed by atoms with Crippen LogP contribution >= 0.6 is 11.3 Å². The molecular formula is C13H22N2S. The maximum absolute atomic E-state index is 4.45. The van der Waals surface area contributed by atoms with Gasteiger partial charge in [0.25, 0.3) is 0 Å². The van der Waals surface area contributed by atoms with Gasteiger partial charge < -0.3 is 5.32 Å². The molecular weight excluding hydrogens is 216 g/mol. The Morgan fingerprint density at radius 3 is 2.94 bits per heavy atom. The van der Waals surface area contributed by atoms with Gasteiger partial charge in [-0.05, 0) is 24.7 Å². The fourth-order valence-electron chi connectivity index (χ4n) is 2.51.